The zero-order valence-corrected chi connectivity index (χ0v) is 18.0. The molecule has 162 valence electrons. The van der Waals surface area contributed by atoms with Gasteiger partial charge in [-0.2, -0.15) is 5.10 Å². The van der Waals surface area contributed by atoms with Crippen molar-refractivity contribution >= 4 is 35.3 Å². The molecule has 32 heavy (non-hydrogen) atoms. The lowest BCUT2D eigenvalue weighted by molar-refractivity contribution is -0.126. The minimum atomic E-state index is -0.455. The summed E-state index contributed by atoms with van der Waals surface area (Å²) >= 11 is 5.90. The maximum atomic E-state index is 12.4. The molecule has 0 aliphatic carbocycles. The highest BCUT2D eigenvalue weighted by atomic mass is 35.5. The average molecular weight is 448 g/mol. The van der Waals surface area contributed by atoms with Gasteiger partial charge in [-0.05, 0) is 59.7 Å². The van der Waals surface area contributed by atoms with Crippen molar-refractivity contribution in [3.63, 3.8) is 0 Å². The molecule has 0 bridgehead atoms. The van der Waals surface area contributed by atoms with Crippen LogP contribution in [-0.4, -0.2) is 24.6 Å². The fraction of sp³-hybridized carbons (Fsp3) is 0.160. The van der Waals surface area contributed by atoms with E-state index in [4.69, 9.17) is 16.3 Å². The predicted octanol–water partition coefficient (Wildman–Crippen LogP) is 4.42. The van der Waals surface area contributed by atoms with Crippen molar-refractivity contribution in [2.24, 2.45) is 11.0 Å². The van der Waals surface area contributed by atoms with Gasteiger partial charge in [-0.1, -0.05) is 41.9 Å². The molecule has 1 fully saturated rings. The van der Waals surface area contributed by atoms with E-state index in [1.807, 2.05) is 54.6 Å². The zero-order valence-electron chi connectivity index (χ0n) is 17.3. The molecule has 3 aromatic rings. The van der Waals surface area contributed by atoms with Gasteiger partial charge in [0.25, 0.3) is 0 Å². The van der Waals surface area contributed by atoms with Crippen molar-refractivity contribution in [3.05, 3.63) is 95.0 Å². The van der Waals surface area contributed by atoms with Gasteiger partial charge in [0, 0.05) is 23.7 Å². The number of carbonyl (C=O) groups is 2. The molecule has 3 aromatic carbocycles. The molecule has 0 spiro atoms. The zero-order chi connectivity index (χ0) is 22.3. The Morgan fingerprint density at radius 2 is 1.78 bits per heavy atom. The Balaban J connectivity index is 1.27. The maximum Gasteiger partial charge on any atom is 0.245 e. The molecule has 1 N–H and O–H groups in total. The molecular formula is C25H22ClN3O3. The number of benzene rings is 3. The third-order valence-electron chi connectivity index (χ3n) is 5.15. The molecule has 1 atom stereocenters. The van der Waals surface area contributed by atoms with Crippen LogP contribution in [0.1, 0.15) is 17.5 Å². The largest absolute Gasteiger partial charge is 0.489 e. The summed E-state index contributed by atoms with van der Waals surface area (Å²) < 4.78 is 5.76. The molecule has 0 aromatic heterocycles. The molecule has 7 heteroatoms. The normalized spacial score (nSPS) is 15.8. The number of anilines is 1. The van der Waals surface area contributed by atoms with E-state index in [1.165, 1.54) is 0 Å². The summed E-state index contributed by atoms with van der Waals surface area (Å²) in [6, 6.07) is 24.3. The molecule has 2 amide bonds. The number of hydrazone groups is 1. The summed E-state index contributed by atoms with van der Waals surface area (Å²) in [6.07, 6.45) is 1.71. The summed E-state index contributed by atoms with van der Waals surface area (Å²) in [5.74, 6) is -0.0812. The van der Waals surface area contributed by atoms with Crippen molar-refractivity contribution in [2.45, 2.75) is 13.0 Å². The molecule has 1 aliphatic heterocycles. The lowest BCUT2D eigenvalue weighted by atomic mass is 10.1. The van der Waals surface area contributed by atoms with Gasteiger partial charge in [-0.25, -0.2) is 5.43 Å². The van der Waals surface area contributed by atoms with E-state index in [9.17, 15) is 9.59 Å². The number of nitrogens with one attached hydrogen (secondary N) is 1. The topological polar surface area (TPSA) is 71.0 Å². The van der Waals surface area contributed by atoms with E-state index in [-0.39, 0.29) is 18.2 Å². The van der Waals surface area contributed by atoms with Crippen LogP contribution in [0.3, 0.4) is 0 Å². The summed E-state index contributed by atoms with van der Waals surface area (Å²) in [5.41, 5.74) is 5.18. The van der Waals surface area contributed by atoms with Gasteiger partial charge in [0.05, 0.1) is 12.1 Å². The molecule has 0 saturated carbocycles. The Morgan fingerprint density at radius 1 is 1.06 bits per heavy atom. The molecule has 6 nitrogen and oxygen atoms in total. The number of amides is 2. The van der Waals surface area contributed by atoms with Gasteiger partial charge in [0.1, 0.15) is 12.4 Å². The third kappa shape index (κ3) is 5.53. The van der Waals surface area contributed by atoms with Crippen molar-refractivity contribution in [3.8, 4) is 5.75 Å². The Kier molecular flexibility index (Phi) is 6.82. The lowest BCUT2D eigenvalue weighted by Gasteiger charge is -2.16. The Hall–Kier alpha value is -3.64. The van der Waals surface area contributed by atoms with E-state index in [1.54, 1.807) is 35.4 Å². The van der Waals surface area contributed by atoms with E-state index in [0.717, 1.165) is 22.6 Å². The van der Waals surface area contributed by atoms with Crippen LogP contribution >= 0.6 is 11.6 Å². The minimum Gasteiger partial charge on any atom is -0.489 e. The summed E-state index contributed by atoms with van der Waals surface area (Å²) in [6.45, 7) is 0.812. The van der Waals surface area contributed by atoms with E-state index in [0.29, 0.717) is 18.2 Å². The van der Waals surface area contributed by atoms with Crippen molar-refractivity contribution in [1.82, 2.24) is 5.43 Å². The van der Waals surface area contributed by atoms with Crippen LogP contribution in [0.15, 0.2) is 84.0 Å². The molecule has 4 rings (SSSR count). The highest BCUT2D eigenvalue weighted by Gasteiger charge is 2.35. The van der Waals surface area contributed by atoms with Gasteiger partial charge in [-0.3, -0.25) is 9.59 Å². The number of halogens is 1. The van der Waals surface area contributed by atoms with Gasteiger partial charge < -0.3 is 9.64 Å². The molecule has 0 unspecified atom stereocenters. The lowest BCUT2D eigenvalue weighted by Crippen LogP contribution is -2.30. The number of hydrogen-bond donors (Lipinski definition) is 1. The second-order valence-electron chi connectivity index (χ2n) is 7.46. The van der Waals surface area contributed by atoms with Crippen molar-refractivity contribution in [1.29, 1.82) is 0 Å². The highest BCUT2D eigenvalue weighted by molar-refractivity contribution is 6.30. The first kappa shape index (κ1) is 21.6. The van der Waals surface area contributed by atoms with E-state index >= 15 is 0 Å². The van der Waals surface area contributed by atoms with Gasteiger partial charge >= 0.3 is 0 Å². The Morgan fingerprint density at radius 3 is 2.50 bits per heavy atom. The summed E-state index contributed by atoms with van der Waals surface area (Å²) in [4.78, 5) is 26.3. The van der Waals surface area contributed by atoms with E-state index < -0.39 is 5.92 Å². The highest BCUT2D eigenvalue weighted by Crippen LogP contribution is 2.26. The SMILES string of the molecule is O=C(N/N=C\c1ccc(OCc2ccccc2)cc1)[C@@H]1CC(=O)N(c2ccc(Cl)cc2)C1. The van der Waals surface area contributed by atoms with Gasteiger partial charge in [0.15, 0.2) is 0 Å². The van der Waals surface area contributed by atoms with Crippen LogP contribution < -0.4 is 15.1 Å². The number of rotatable bonds is 7. The van der Waals surface area contributed by atoms with Crippen molar-refractivity contribution in [2.75, 3.05) is 11.4 Å². The fourth-order valence-electron chi connectivity index (χ4n) is 3.41. The smallest absolute Gasteiger partial charge is 0.245 e. The maximum absolute atomic E-state index is 12.4. The molecule has 1 aliphatic rings. The number of carbonyl (C=O) groups excluding carboxylic acids is 2. The molecule has 1 heterocycles. The van der Waals surface area contributed by atoms with Crippen LogP contribution in [0.2, 0.25) is 5.02 Å². The molecule has 1 saturated heterocycles. The predicted molar refractivity (Wildman–Crippen MR) is 125 cm³/mol. The molecule has 0 radical (unpaired) electrons. The van der Waals surface area contributed by atoms with Gasteiger partial charge in [-0.15, -0.1) is 0 Å². The fourth-order valence-corrected chi connectivity index (χ4v) is 3.53. The number of nitrogens with zero attached hydrogens (tertiary/aromatic N) is 2. The Labute approximate surface area is 191 Å². The van der Waals surface area contributed by atoms with Crippen LogP contribution in [-0.2, 0) is 16.2 Å². The summed E-state index contributed by atoms with van der Waals surface area (Å²) in [7, 11) is 0. The van der Waals surface area contributed by atoms with E-state index in [2.05, 4.69) is 10.5 Å². The number of ether oxygens (including phenoxy) is 1. The first-order valence-electron chi connectivity index (χ1n) is 10.2. The van der Waals surface area contributed by atoms with Crippen LogP contribution in [0, 0.1) is 5.92 Å². The van der Waals surface area contributed by atoms with Crippen LogP contribution in [0.5, 0.6) is 5.75 Å². The average Bonchev–Trinajstić information content (AvgIpc) is 3.21. The summed E-state index contributed by atoms with van der Waals surface area (Å²) in [5, 5.41) is 4.63. The first-order chi connectivity index (χ1) is 15.6. The second-order valence-corrected chi connectivity index (χ2v) is 7.90. The standard InChI is InChI=1S/C25H22ClN3O3/c26-21-8-10-22(11-9-21)29-16-20(14-24(29)30)25(31)28-27-15-18-6-12-23(13-7-18)32-17-19-4-2-1-3-5-19/h1-13,15,20H,14,16-17H2,(H,28,31)/b27-15-/t20-/m1/s1. The monoisotopic (exact) mass is 447 g/mol. The first-order valence-corrected chi connectivity index (χ1v) is 10.6. The van der Waals surface area contributed by atoms with Crippen LogP contribution in [0.25, 0.3) is 0 Å². The van der Waals surface area contributed by atoms with Gasteiger partial charge in [0.2, 0.25) is 11.8 Å². The molecular weight excluding hydrogens is 426 g/mol. The quantitative estimate of drug-likeness (QED) is 0.430. The Bertz CT molecular complexity index is 1100. The van der Waals surface area contributed by atoms with Crippen LogP contribution in [0.4, 0.5) is 5.69 Å². The number of hydrogen-bond acceptors (Lipinski definition) is 4. The third-order valence-corrected chi connectivity index (χ3v) is 5.40. The minimum absolute atomic E-state index is 0.0949. The second kappa shape index (κ2) is 10.1. The van der Waals surface area contributed by atoms with Crippen molar-refractivity contribution < 1.29 is 14.3 Å².